The topological polar surface area (TPSA) is 58.6 Å². The lowest BCUT2D eigenvalue weighted by Crippen LogP contribution is -2.15. The monoisotopic (exact) mass is 299 g/mol. The molecule has 0 saturated heterocycles. The summed E-state index contributed by atoms with van der Waals surface area (Å²) in [5.74, 6) is -0.0330. The summed E-state index contributed by atoms with van der Waals surface area (Å²) in [7, 11) is 0. The van der Waals surface area contributed by atoms with E-state index in [0.717, 1.165) is 22.4 Å². The normalized spacial score (nSPS) is 10.3. The summed E-state index contributed by atoms with van der Waals surface area (Å²) in [4.78, 5) is 11.2. The third kappa shape index (κ3) is 3.58. The molecule has 0 aliphatic carbocycles. The quantitative estimate of drug-likeness (QED) is 0.797. The van der Waals surface area contributed by atoms with Crippen molar-refractivity contribution in [2.24, 2.45) is 0 Å². The van der Waals surface area contributed by atoms with Crippen LogP contribution in [0.4, 0.5) is 5.69 Å². The van der Waals surface area contributed by atoms with E-state index in [1.165, 1.54) is 0 Å². The van der Waals surface area contributed by atoms with Gasteiger partial charge in [0.1, 0.15) is 12.4 Å². The second kappa shape index (κ2) is 6.98. The van der Waals surface area contributed by atoms with E-state index in [1.54, 1.807) is 12.1 Å². The minimum atomic E-state index is -0.929. The second-order valence-electron chi connectivity index (χ2n) is 5.30. The molecule has 4 nitrogen and oxygen atoms in total. The highest BCUT2D eigenvalue weighted by Gasteiger charge is 2.11. The molecule has 0 aromatic heterocycles. The summed E-state index contributed by atoms with van der Waals surface area (Å²) < 4.78 is 5.82. The fraction of sp³-hybridized carbons (Fsp3) is 0.278. The predicted molar refractivity (Wildman–Crippen MR) is 88.0 cm³/mol. The summed E-state index contributed by atoms with van der Waals surface area (Å²) in [6.07, 6.45) is 0. The van der Waals surface area contributed by atoms with E-state index >= 15 is 0 Å². The van der Waals surface area contributed by atoms with Crippen LogP contribution in [0.1, 0.15) is 27.0 Å². The van der Waals surface area contributed by atoms with Crippen molar-refractivity contribution in [2.75, 3.05) is 18.5 Å². The fourth-order valence-electron chi connectivity index (χ4n) is 2.44. The first kappa shape index (κ1) is 15.9. The van der Waals surface area contributed by atoms with Gasteiger partial charge in [-0.2, -0.15) is 0 Å². The van der Waals surface area contributed by atoms with Crippen LogP contribution >= 0.6 is 0 Å². The van der Waals surface area contributed by atoms with Crippen molar-refractivity contribution in [3.63, 3.8) is 0 Å². The van der Waals surface area contributed by atoms with Crippen molar-refractivity contribution in [3.8, 4) is 5.75 Å². The van der Waals surface area contributed by atoms with E-state index in [9.17, 15) is 9.90 Å². The highest BCUT2D eigenvalue weighted by Crippen LogP contribution is 2.23. The van der Waals surface area contributed by atoms with E-state index < -0.39 is 5.97 Å². The molecule has 2 N–H and O–H groups in total. The predicted octanol–water partition coefficient (Wildman–Crippen LogP) is 3.80. The number of para-hydroxylation sites is 2. The maximum Gasteiger partial charge on any atom is 0.337 e. The molecular weight excluding hydrogens is 278 g/mol. The molecule has 0 saturated carbocycles. The largest absolute Gasteiger partial charge is 0.491 e. The molecule has 2 aromatic rings. The number of ether oxygens (including phenoxy) is 1. The van der Waals surface area contributed by atoms with Crippen LogP contribution in [0, 0.1) is 20.8 Å². The zero-order chi connectivity index (χ0) is 16.1. The number of carboxylic acid groups (broad SMARTS) is 1. The maximum atomic E-state index is 11.2. The Hall–Kier alpha value is -2.49. The molecule has 0 heterocycles. The van der Waals surface area contributed by atoms with Crippen molar-refractivity contribution in [2.45, 2.75) is 20.8 Å². The standard InChI is InChI=1S/C18H21NO3/c1-12-6-5-9-15(18(20)21)16(12)19-10-11-22-17-13(2)7-4-8-14(17)3/h4-9,19H,10-11H2,1-3H3,(H,20,21). The number of anilines is 1. The molecule has 22 heavy (non-hydrogen) atoms. The maximum absolute atomic E-state index is 11.2. The van der Waals surface area contributed by atoms with Gasteiger partial charge in [-0.05, 0) is 43.5 Å². The fourth-order valence-corrected chi connectivity index (χ4v) is 2.44. The Bertz CT molecular complexity index is 660. The minimum Gasteiger partial charge on any atom is -0.491 e. The van der Waals surface area contributed by atoms with Gasteiger partial charge in [-0.1, -0.05) is 30.3 Å². The molecule has 2 rings (SSSR count). The number of aryl methyl sites for hydroxylation is 3. The first-order chi connectivity index (χ1) is 10.5. The van der Waals surface area contributed by atoms with E-state index in [0.29, 0.717) is 18.8 Å². The van der Waals surface area contributed by atoms with Gasteiger partial charge in [-0.25, -0.2) is 4.79 Å². The number of carboxylic acids is 1. The molecule has 0 spiro atoms. The van der Waals surface area contributed by atoms with Crippen LogP contribution in [0.5, 0.6) is 5.75 Å². The number of rotatable bonds is 6. The van der Waals surface area contributed by atoms with Crippen molar-refractivity contribution in [1.82, 2.24) is 0 Å². The van der Waals surface area contributed by atoms with Gasteiger partial charge in [0.15, 0.2) is 0 Å². The Morgan fingerprint density at radius 3 is 2.27 bits per heavy atom. The average Bonchev–Trinajstić information content (AvgIpc) is 2.47. The molecular formula is C18H21NO3. The van der Waals surface area contributed by atoms with Crippen molar-refractivity contribution in [3.05, 3.63) is 58.7 Å². The molecule has 2 aromatic carbocycles. The lowest BCUT2D eigenvalue weighted by molar-refractivity contribution is 0.0698. The van der Waals surface area contributed by atoms with Crippen molar-refractivity contribution >= 4 is 11.7 Å². The van der Waals surface area contributed by atoms with Gasteiger partial charge < -0.3 is 15.2 Å². The van der Waals surface area contributed by atoms with E-state index in [-0.39, 0.29) is 5.56 Å². The Morgan fingerprint density at radius 2 is 1.64 bits per heavy atom. The molecule has 4 heteroatoms. The summed E-state index contributed by atoms with van der Waals surface area (Å²) in [5, 5.41) is 12.4. The molecule has 0 atom stereocenters. The van der Waals surface area contributed by atoms with Crippen molar-refractivity contribution < 1.29 is 14.6 Å². The molecule has 0 fully saturated rings. The summed E-state index contributed by atoms with van der Waals surface area (Å²) >= 11 is 0. The van der Waals surface area contributed by atoms with Crippen LogP contribution in [0.3, 0.4) is 0 Å². The molecule has 0 bridgehead atoms. The van der Waals surface area contributed by atoms with Gasteiger partial charge in [0.2, 0.25) is 0 Å². The second-order valence-corrected chi connectivity index (χ2v) is 5.30. The van der Waals surface area contributed by atoms with Gasteiger partial charge in [0, 0.05) is 6.54 Å². The molecule has 0 radical (unpaired) electrons. The molecule has 0 unspecified atom stereocenters. The third-order valence-corrected chi connectivity index (χ3v) is 3.56. The average molecular weight is 299 g/mol. The van der Waals surface area contributed by atoms with Crippen LogP contribution in [-0.2, 0) is 0 Å². The zero-order valence-electron chi connectivity index (χ0n) is 13.1. The van der Waals surface area contributed by atoms with Crippen molar-refractivity contribution in [1.29, 1.82) is 0 Å². The zero-order valence-corrected chi connectivity index (χ0v) is 13.1. The lowest BCUT2D eigenvalue weighted by Gasteiger charge is -2.15. The Balaban J connectivity index is 1.99. The molecule has 0 aliphatic rings. The third-order valence-electron chi connectivity index (χ3n) is 3.56. The van der Waals surface area contributed by atoms with Crippen LogP contribution in [0.2, 0.25) is 0 Å². The first-order valence-corrected chi connectivity index (χ1v) is 7.26. The number of aromatic carboxylic acids is 1. The van der Waals surface area contributed by atoms with E-state index in [2.05, 4.69) is 5.32 Å². The van der Waals surface area contributed by atoms with Gasteiger partial charge in [0.25, 0.3) is 0 Å². The Morgan fingerprint density at radius 1 is 1.05 bits per heavy atom. The molecule has 0 aliphatic heterocycles. The summed E-state index contributed by atoms with van der Waals surface area (Å²) in [6.45, 7) is 6.93. The molecule has 0 amide bonds. The highest BCUT2D eigenvalue weighted by atomic mass is 16.5. The number of nitrogens with one attached hydrogen (secondary N) is 1. The van der Waals surface area contributed by atoms with E-state index in [1.807, 2.05) is 45.0 Å². The van der Waals surface area contributed by atoms with Gasteiger partial charge in [-0.3, -0.25) is 0 Å². The van der Waals surface area contributed by atoms with Crippen LogP contribution in [0.15, 0.2) is 36.4 Å². The Kier molecular flexibility index (Phi) is 5.04. The van der Waals surface area contributed by atoms with E-state index in [4.69, 9.17) is 4.74 Å². The van der Waals surface area contributed by atoms with Crippen LogP contribution in [0.25, 0.3) is 0 Å². The minimum absolute atomic E-state index is 0.284. The van der Waals surface area contributed by atoms with Crippen LogP contribution in [-0.4, -0.2) is 24.2 Å². The number of hydrogen-bond acceptors (Lipinski definition) is 3. The van der Waals surface area contributed by atoms with Gasteiger partial charge in [0.05, 0.1) is 11.3 Å². The number of benzene rings is 2. The first-order valence-electron chi connectivity index (χ1n) is 7.26. The Labute approximate surface area is 130 Å². The van der Waals surface area contributed by atoms with Gasteiger partial charge >= 0.3 is 5.97 Å². The number of hydrogen-bond donors (Lipinski definition) is 2. The van der Waals surface area contributed by atoms with Gasteiger partial charge in [-0.15, -0.1) is 0 Å². The SMILES string of the molecule is Cc1cccc(C(=O)O)c1NCCOc1c(C)cccc1C. The smallest absolute Gasteiger partial charge is 0.337 e. The number of carbonyl (C=O) groups is 1. The summed E-state index contributed by atoms with van der Waals surface area (Å²) in [5.41, 5.74) is 4.04. The summed E-state index contributed by atoms with van der Waals surface area (Å²) in [6, 6.07) is 11.3. The van der Waals surface area contributed by atoms with Crippen LogP contribution < -0.4 is 10.1 Å². The lowest BCUT2D eigenvalue weighted by atomic mass is 10.1. The molecule has 116 valence electrons. The highest BCUT2D eigenvalue weighted by molar-refractivity contribution is 5.95.